The third kappa shape index (κ3) is 4.43. The first-order valence-electron chi connectivity index (χ1n) is 5.12. The van der Waals surface area contributed by atoms with Crippen molar-refractivity contribution >= 4 is 10.1 Å². The quantitative estimate of drug-likeness (QED) is 0.663. The van der Waals surface area contributed by atoms with Crippen molar-refractivity contribution in [3.8, 4) is 0 Å². The average molecular weight is 238 g/mol. The maximum atomic E-state index is 11.2. The molecule has 1 heterocycles. The van der Waals surface area contributed by atoms with Crippen LogP contribution in [-0.2, 0) is 19.2 Å². The van der Waals surface area contributed by atoms with Crippen LogP contribution in [0.25, 0.3) is 0 Å². The maximum Gasteiger partial charge on any atom is 0.283 e. The van der Waals surface area contributed by atoms with Crippen molar-refractivity contribution in [2.75, 3.05) is 38.5 Å². The Kier molecular flexibility index (Phi) is 4.94. The first kappa shape index (κ1) is 12.9. The molecular weight excluding hydrogens is 220 g/mol. The Morgan fingerprint density at radius 3 is 2.07 bits per heavy atom. The molecule has 1 fully saturated rings. The summed E-state index contributed by atoms with van der Waals surface area (Å²) < 4.78 is 27.2. The fourth-order valence-electron chi connectivity index (χ4n) is 1.27. The summed E-state index contributed by atoms with van der Waals surface area (Å²) in [6.07, 6.45) is 0. The number of rotatable bonds is 5. The molecule has 0 aromatic rings. The Morgan fingerprint density at radius 1 is 1.07 bits per heavy atom. The first-order chi connectivity index (χ1) is 7.07. The zero-order valence-corrected chi connectivity index (χ0v) is 9.99. The van der Waals surface area contributed by atoms with Crippen molar-refractivity contribution in [3.05, 3.63) is 0 Å². The van der Waals surface area contributed by atoms with Gasteiger partial charge in [0.2, 0.25) is 0 Å². The van der Waals surface area contributed by atoms with Gasteiger partial charge in [0, 0.05) is 26.2 Å². The number of hydroxylamine groups is 4. The van der Waals surface area contributed by atoms with Gasteiger partial charge >= 0.3 is 0 Å². The molecule has 0 saturated carbocycles. The molecule has 0 radical (unpaired) electrons. The van der Waals surface area contributed by atoms with E-state index in [0.717, 1.165) is 0 Å². The number of nitrogens with zero attached hydrogens (tertiary/aromatic N) is 2. The Bertz CT molecular complexity index is 272. The minimum atomic E-state index is -3.38. The van der Waals surface area contributed by atoms with E-state index in [0.29, 0.717) is 32.8 Å². The summed E-state index contributed by atoms with van der Waals surface area (Å²) in [5.74, 6) is -0.00132. The molecule has 0 amide bonds. The van der Waals surface area contributed by atoms with Crippen molar-refractivity contribution in [2.24, 2.45) is 0 Å². The standard InChI is InChI=1S/C8H18N2O4S/c1-3-13-9-5-7-10(8-6-9)14-15(11,12)4-2/h3-8H2,1-2H3. The fraction of sp³-hybridized carbons (Fsp3) is 1.00. The van der Waals surface area contributed by atoms with Crippen molar-refractivity contribution < 1.29 is 17.5 Å². The summed E-state index contributed by atoms with van der Waals surface area (Å²) in [4.78, 5) is 5.29. The normalized spacial score (nSPS) is 20.7. The zero-order chi connectivity index (χ0) is 11.3. The second-order valence-corrected chi connectivity index (χ2v) is 5.04. The minimum absolute atomic E-state index is 0.00132. The summed E-state index contributed by atoms with van der Waals surface area (Å²) in [6, 6.07) is 0. The summed E-state index contributed by atoms with van der Waals surface area (Å²) in [6.45, 7) is 6.52. The molecular formula is C8H18N2O4S. The van der Waals surface area contributed by atoms with Crippen LogP contribution in [0, 0.1) is 0 Å². The molecule has 0 aliphatic carbocycles. The summed E-state index contributed by atoms with van der Waals surface area (Å²) >= 11 is 0. The van der Waals surface area contributed by atoms with E-state index in [-0.39, 0.29) is 5.75 Å². The van der Waals surface area contributed by atoms with Crippen LogP contribution >= 0.6 is 0 Å². The molecule has 0 atom stereocenters. The first-order valence-corrected chi connectivity index (χ1v) is 6.70. The van der Waals surface area contributed by atoms with Gasteiger partial charge in [-0.15, -0.1) is 0 Å². The van der Waals surface area contributed by atoms with E-state index in [4.69, 9.17) is 9.12 Å². The molecule has 0 spiro atoms. The summed E-state index contributed by atoms with van der Waals surface area (Å²) in [5.41, 5.74) is 0. The predicted octanol–water partition coefficient (Wildman–Crippen LogP) is -0.163. The van der Waals surface area contributed by atoms with Crippen molar-refractivity contribution in [2.45, 2.75) is 13.8 Å². The molecule has 6 nitrogen and oxygen atoms in total. The van der Waals surface area contributed by atoms with E-state index < -0.39 is 10.1 Å². The molecule has 0 N–H and O–H groups in total. The second-order valence-electron chi connectivity index (χ2n) is 3.20. The Labute approximate surface area is 90.8 Å². The van der Waals surface area contributed by atoms with E-state index in [1.54, 1.807) is 6.92 Å². The van der Waals surface area contributed by atoms with Gasteiger partial charge < -0.3 is 0 Å². The molecule has 0 bridgehead atoms. The Morgan fingerprint density at radius 2 is 1.60 bits per heavy atom. The summed E-state index contributed by atoms with van der Waals surface area (Å²) in [5, 5.41) is 3.28. The van der Waals surface area contributed by atoms with Crippen LogP contribution in [0.1, 0.15) is 13.8 Å². The molecule has 0 aromatic heterocycles. The van der Waals surface area contributed by atoms with Gasteiger partial charge in [-0.3, -0.25) is 4.84 Å². The van der Waals surface area contributed by atoms with E-state index in [2.05, 4.69) is 0 Å². The topological polar surface area (TPSA) is 59.1 Å². The van der Waals surface area contributed by atoms with Gasteiger partial charge in [-0.25, -0.2) is 0 Å². The van der Waals surface area contributed by atoms with Gasteiger partial charge in [0.05, 0.1) is 12.4 Å². The van der Waals surface area contributed by atoms with Crippen LogP contribution in [0.15, 0.2) is 0 Å². The minimum Gasteiger partial charge on any atom is -0.299 e. The fourth-order valence-corrected chi connectivity index (χ4v) is 1.84. The number of hydrogen-bond acceptors (Lipinski definition) is 6. The van der Waals surface area contributed by atoms with Crippen LogP contribution in [0.4, 0.5) is 0 Å². The van der Waals surface area contributed by atoms with Crippen LogP contribution in [0.2, 0.25) is 0 Å². The van der Waals surface area contributed by atoms with Gasteiger partial charge in [0.1, 0.15) is 0 Å². The molecule has 15 heavy (non-hydrogen) atoms. The van der Waals surface area contributed by atoms with Gasteiger partial charge in [-0.05, 0) is 13.8 Å². The van der Waals surface area contributed by atoms with E-state index in [1.807, 2.05) is 12.0 Å². The van der Waals surface area contributed by atoms with Crippen LogP contribution in [0.5, 0.6) is 0 Å². The smallest absolute Gasteiger partial charge is 0.283 e. The lowest BCUT2D eigenvalue weighted by atomic mass is 10.4. The van der Waals surface area contributed by atoms with Crippen LogP contribution in [-0.4, -0.2) is 57.1 Å². The molecule has 90 valence electrons. The van der Waals surface area contributed by atoms with E-state index in [1.165, 1.54) is 5.06 Å². The highest BCUT2D eigenvalue weighted by Gasteiger charge is 2.21. The average Bonchev–Trinajstić information content (AvgIpc) is 2.21. The molecule has 1 aliphatic heterocycles. The summed E-state index contributed by atoms with van der Waals surface area (Å²) in [7, 11) is -3.38. The maximum absolute atomic E-state index is 11.2. The van der Waals surface area contributed by atoms with Crippen molar-refractivity contribution in [1.82, 2.24) is 10.1 Å². The lowest BCUT2D eigenvalue weighted by Crippen LogP contribution is -2.46. The van der Waals surface area contributed by atoms with E-state index in [9.17, 15) is 8.42 Å². The molecule has 1 saturated heterocycles. The lowest BCUT2D eigenvalue weighted by molar-refractivity contribution is -0.203. The second kappa shape index (κ2) is 5.76. The highest BCUT2D eigenvalue weighted by atomic mass is 32.2. The van der Waals surface area contributed by atoms with Gasteiger partial charge in [0.15, 0.2) is 0 Å². The monoisotopic (exact) mass is 238 g/mol. The molecule has 1 rings (SSSR count). The van der Waals surface area contributed by atoms with Crippen LogP contribution in [0.3, 0.4) is 0 Å². The van der Waals surface area contributed by atoms with Crippen LogP contribution < -0.4 is 0 Å². The van der Waals surface area contributed by atoms with Crippen molar-refractivity contribution in [3.63, 3.8) is 0 Å². The highest BCUT2D eigenvalue weighted by Crippen LogP contribution is 2.06. The van der Waals surface area contributed by atoms with E-state index >= 15 is 0 Å². The SMILES string of the molecule is CCON1CCN(OS(=O)(=O)CC)CC1. The molecule has 0 aromatic carbocycles. The third-order valence-corrected chi connectivity index (χ3v) is 3.23. The van der Waals surface area contributed by atoms with Gasteiger partial charge in [-0.1, -0.05) is 0 Å². The zero-order valence-electron chi connectivity index (χ0n) is 9.18. The lowest BCUT2D eigenvalue weighted by Gasteiger charge is -2.31. The molecule has 0 unspecified atom stereocenters. The largest absolute Gasteiger partial charge is 0.299 e. The molecule has 7 heteroatoms. The Hall–Kier alpha value is -0.210. The highest BCUT2D eigenvalue weighted by molar-refractivity contribution is 7.86. The predicted molar refractivity (Wildman–Crippen MR) is 55.3 cm³/mol. The number of hydrogen-bond donors (Lipinski definition) is 0. The molecule has 1 aliphatic rings. The third-order valence-electron chi connectivity index (χ3n) is 2.08. The van der Waals surface area contributed by atoms with Gasteiger partial charge in [-0.2, -0.15) is 22.8 Å². The van der Waals surface area contributed by atoms with Gasteiger partial charge in [0.25, 0.3) is 10.1 Å². The number of piperazine rings is 1. The Balaban J connectivity index is 2.32. The van der Waals surface area contributed by atoms with Crippen molar-refractivity contribution in [1.29, 1.82) is 0 Å².